The van der Waals surface area contributed by atoms with E-state index in [0.717, 1.165) is 34.8 Å². The summed E-state index contributed by atoms with van der Waals surface area (Å²) < 4.78 is 12.7. The summed E-state index contributed by atoms with van der Waals surface area (Å²) in [7, 11) is 3.59. The average molecular weight is 384 g/mol. The van der Waals surface area contributed by atoms with Crippen LogP contribution in [0.2, 0.25) is 0 Å². The molecule has 1 aromatic carbocycles. The SMILES string of the molecule is CNC(=O)c1cc(Oc2ccc3nc(N(C)[C@H]4CCCO4)sc3c2)ccn1. The Morgan fingerprint density at radius 3 is 2.96 bits per heavy atom. The molecule has 3 heterocycles. The molecule has 1 fully saturated rings. The molecule has 1 aliphatic heterocycles. The molecular formula is C19H20N4O3S. The number of nitrogens with zero attached hydrogens (tertiary/aromatic N) is 3. The monoisotopic (exact) mass is 384 g/mol. The number of carbonyl (C=O) groups is 1. The molecule has 3 aromatic rings. The second kappa shape index (κ2) is 7.50. The molecule has 7 nitrogen and oxygen atoms in total. The Morgan fingerprint density at radius 2 is 2.19 bits per heavy atom. The van der Waals surface area contributed by atoms with E-state index < -0.39 is 0 Å². The Bertz CT molecular complexity index is 968. The lowest BCUT2D eigenvalue weighted by Crippen LogP contribution is -2.30. The van der Waals surface area contributed by atoms with E-state index in [-0.39, 0.29) is 12.1 Å². The number of thiazole rings is 1. The highest BCUT2D eigenvalue weighted by Gasteiger charge is 2.23. The molecule has 0 unspecified atom stereocenters. The van der Waals surface area contributed by atoms with Crippen LogP contribution >= 0.6 is 11.3 Å². The zero-order valence-corrected chi connectivity index (χ0v) is 16.0. The van der Waals surface area contributed by atoms with Crippen molar-refractivity contribution in [2.24, 2.45) is 0 Å². The summed E-state index contributed by atoms with van der Waals surface area (Å²) in [6.07, 6.45) is 3.76. The molecule has 4 rings (SSSR count). The number of benzene rings is 1. The zero-order valence-electron chi connectivity index (χ0n) is 15.1. The van der Waals surface area contributed by atoms with Gasteiger partial charge in [-0.3, -0.25) is 9.78 Å². The van der Waals surface area contributed by atoms with Crippen LogP contribution in [0.1, 0.15) is 23.3 Å². The third-order valence-corrected chi connectivity index (χ3v) is 5.52. The molecular weight excluding hydrogens is 364 g/mol. The zero-order chi connectivity index (χ0) is 18.8. The second-order valence-corrected chi connectivity index (χ2v) is 7.27. The number of aromatic nitrogens is 2. The normalized spacial score (nSPS) is 16.4. The van der Waals surface area contributed by atoms with Crippen LogP contribution in [0.4, 0.5) is 5.13 Å². The Morgan fingerprint density at radius 1 is 1.33 bits per heavy atom. The van der Waals surface area contributed by atoms with Crippen molar-refractivity contribution in [1.29, 1.82) is 0 Å². The minimum absolute atomic E-state index is 0.0984. The number of anilines is 1. The van der Waals surface area contributed by atoms with Gasteiger partial charge in [0.15, 0.2) is 5.13 Å². The standard InChI is InChI=1S/C19H20N4O3S/c1-20-18(24)15-10-13(7-8-21-15)26-12-5-6-14-16(11-12)27-19(22-14)23(2)17-4-3-9-25-17/h5-8,10-11,17H,3-4,9H2,1-2H3,(H,20,24)/t17-/m1/s1. The number of nitrogens with one attached hydrogen (secondary N) is 1. The Hall–Kier alpha value is -2.71. The number of hydrogen-bond donors (Lipinski definition) is 1. The molecule has 1 aliphatic rings. The number of carbonyl (C=O) groups excluding carboxylic acids is 1. The van der Waals surface area contributed by atoms with E-state index in [1.165, 1.54) is 0 Å². The van der Waals surface area contributed by atoms with Crippen molar-refractivity contribution >= 4 is 32.6 Å². The number of ether oxygens (including phenoxy) is 2. The molecule has 1 atom stereocenters. The van der Waals surface area contributed by atoms with E-state index in [0.29, 0.717) is 17.2 Å². The molecule has 1 amide bonds. The van der Waals surface area contributed by atoms with Crippen LogP contribution in [-0.4, -0.2) is 42.8 Å². The Labute approximate surface area is 160 Å². The fourth-order valence-electron chi connectivity index (χ4n) is 2.96. The molecule has 27 heavy (non-hydrogen) atoms. The predicted octanol–water partition coefficient (Wildman–Crippen LogP) is 3.42. The molecule has 8 heteroatoms. The van der Waals surface area contributed by atoms with E-state index in [4.69, 9.17) is 14.5 Å². The molecule has 0 aliphatic carbocycles. The molecule has 0 bridgehead atoms. The highest BCUT2D eigenvalue weighted by Crippen LogP contribution is 2.34. The third-order valence-electron chi connectivity index (χ3n) is 4.41. The first-order valence-electron chi connectivity index (χ1n) is 8.75. The van der Waals surface area contributed by atoms with Crippen LogP contribution in [0.5, 0.6) is 11.5 Å². The first-order valence-corrected chi connectivity index (χ1v) is 9.57. The molecule has 0 radical (unpaired) electrons. The quantitative estimate of drug-likeness (QED) is 0.726. The maximum Gasteiger partial charge on any atom is 0.269 e. The Kier molecular flexibility index (Phi) is 4.91. The first-order chi connectivity index (χ1) is 13.1. The van der Waals surface area contributed by atoms with Crippen molar-refractivity contribution in [3.63, 3.8) is 0 Å². The van der Waals surface area contributed by atoms with E-state index >= 15 is 0 Å². The van der Waals surface area contributed by atoms with E-state index in [9.17, 15) is 4.79 Å². The summed E-state index contributed by atoms with van der Waals surface area (Å²) in [5.41, 5.74) is 1.24. The van der Waals surface area contributed by atoms with E-state index in [1.807, 2.05) is 25.2 Å². The topological polar surface area (TPSA) is 76.6 Å². The fourth-order valence-corrected chi connectivity index (χ4v) is 3.95. The van der Waals surface area contributed by atoms with Crippen LogP contribution < -0.4 is 15.0 Å². The smallest absolute Gasteiger partial charge is 0.269 e. The van der Waals surface area contributed by atoms with Gasteiger partial charge in [0.1, 0.15) is 23.4 Å². The van der Waals surface area contributed by atoms with Crippen LogP contribution in [-0.2, 0) is 4.74 Å². The van der Waals surface area contributed by atoms with E-state index in [2.05, 4.69) is 15.2 Å². The van der Waals surface area contributed by atoms with Crippen molar-refractivity contribution in [3.05, 3.63) is 42.2 Å². The van der Waals surface area contributed by atoms with Crippen molar-refractivity contribution in [2.45, 2.75) is 19.1 Å². The van der Waals surface area contributed by atoms with Gasteiger partial charge in [0.2, 0.25) is 0 Å². The summed E-state index contributed by atoms with van der Waals surface area (Å²) in [4.78, 5) is 22.6. The molecule has 2 aromatic heterocycles. The highest BCUT2D eigenvalue weighted by atomic mass is 32.1. The van der Waals surface area contributed by atoms with Gasteiger partial charge in [-0.05, 0) is 31.0 Å². The largest absolute Gasteiger partial charge is 0.457 e. The first kappa shape index (κ1) is 17.7. The summed E-state index contributed by atoms with van der Waals surface area (Å²) in [6, 6.07) is 9.11. The van der Waals surface area contributed by atoms with Gasteiger partial charge in [-0.2, -0.15) is 0 Å². The van der Waals surface area contributed by atoms with Gasteiger partial charge in [0.25, 0.3) is 5.91 Å². The van der Waals surface area contributed by atoms with Crippen LogP contribution in [0.3, 0.4) is 0 Å². The minimum atomic E-state index is -0.250. The van der Waals surface area contributed by atoms with Gasteiger partial charge >= 0.3 is 0 Å². The molecule has 1 N–H and O–H groups in total. The Balaban J connectivity index is 1.56. The average Bonchev–Trinajstić information content (AvgIpc) is 3.36. The van der Waals surface area contributed by atoms with Gasteiger partial charge in [-0.25, -0.2) is 4.98 Å². The lowest BCUT2D eigenvalue weighted by Gasteiger charge is -2.22. The van der Waals surface area contributed by atoms with Crippen LogP contribution in [0, 0.1) is 0 Å². The van der Waals surface area contributed by atoms with Crippen molar-refractivity contribution in [1.82, 2.24) is 15.3 Å². The van der Waals surface area contributed by atoms with Gasteiger partial charge in [0, 0.05) is 39.0 Å². The van der Waals surface area contributed by atoms with Crippen LogP contribution in [0.15, 0.2) is 36.5 Å². The van der Waals surface area contributed by atoms with Gasteiger partial charge in [0.05, 0.1) is 10.2 Å². The summed E-state index contributed by atoms with van der Waals surface area (Å²) in [6.45, 7) is 0.807. The van der Waals surface area contributed by atoms with Crippen molar-refractivity contribution < 1.29 is 14.3 Å². The molecule has 1 saturated heterocycles. The molecule has 0 spiro atoms. The van der Waals surface area contributed by atoms with Crippen LogP contribution in [0.25, 0.3) is 10.2 Å². The number of hydrogen-bond acceptors (Lipinski definition) is 7. The van der Waals surface area contributed by atoms with Gasteiger partial charge in [-0.1, -0.05) is 11.3 Å². The van der Waals surface area contributed by atoms with Crippen molar-refractivity contribution in [2.75, 3.05) is 25.6 Å². The van der Waals surface area contributed by atoms with E-state index in [1.54, 1.807) is 36.7 Å². The maximum absolute atomic E-state index is 11.7. The summed E-state index contributed by atoms with van der Waals surface area (Å²) >= 11 is 1.61. The van der Waals surface area contributed by atoms with Gasteiger partial charge in [-0.15, -0.1) is 0 Å². The number of pyridine rings is 1. The summed E-state index contributed by atoms with van der Waals surface area (Å²) in [5.74, 6) is 0.996. The number of amides is 1. The number of fused-ring (bicyclic) bond motifs is 1. The lowest BCUT2D eigenvalue weighted by atomic mass is 10.3. The number of rotatable bonds is 5. The molecule has 0 saturated carbocycles. The predicted molar refractivity (Wildman–Crippen MR) is 105 cm³/mol. The fraction of sp³-hybridized carbons (Fsp3) is 0.316. The van der Waals surface area contributed by atoms with Gasteiger partial charge < -0.3 is 19.7 Å². The molecule has 140 valence electrons. The highest BCUT2D eigenvalue weighted by molar-refractivity contribution is 7.22. The maximum atomic E-state index is 11.7. The lowest BCUT2D eigenvalue weighted by molar-refractivity contribution is 0.0958. The summed E-state index contributed by atoms with van der Waals surface area (Å²) in [5, 5.41) is 3.48. The third kappa shape index (κ3) is 3.72. The minimum Gasteiger partial charge on any atom is -0.457 e. The second-order valence-electron chi connectivity index (χ2n) is 6.26. The van der Waals surface area contributed by atoms with Crippen molar-refractivity contribution in [3.8, 4) is 11.5 Å².